The normalized spacial score (nSPS) is 12.1. The Morgan fingerprint density at radius 1 is 1.08 bits per heavy atom. The first-order valence-electron chi connectivity index (χ1n) is 8.41. The molecule has 0 saturated carbocycles. The highest BCUT2D eigenvalue weighted by molar-refractivity contribution is 5.98. The van der Waals surface area contributed by atoms with Crippen LogP contribution in [0.15, 0.2) is 54.7 Å². The number of pyridine rings is 1. The van der Waals surface area contributed by atoms with E-state index in [0.717, 1.165) is 33.3 Å². The zero-order valence-corrected chi connectivity index (χ0v) is 14.7. The van der Waals surface area contributed by atoms with Crippen molar-refractivity contribution in [2.75, 3.05) is 19.0 Å². The molecule has 25 heavy (non-hydrogen) atoms. The highest BCUT2D eigenvalue weighted by Gasteiger charge is 2.20. The van der Waals surface area contributed by atoms with Gasteiger partial charge in [-0.2, -0.15) is 0 Å². The summed E-state index contributed by atoms with van der Waals surface area (Å²) in [6, 6.07) is 16.0. The molecule has 4 nitrogen and oxygen atoms in total. The number of rotatable bonds is 5. The minimum Gasteiger partial charge on any atom is -0.481 e. The zero-order chi connectivity index (χ0) is 18.0. The summed E-state index contributed by atoms with van der Waals surface area (Å²) in [5, 5.41) is 11.5. The smallest absolute Gasteiger partial charge is 0.310 e. The van der Waals surface area contributed by atoms with Gasteiger partial charge in [0.05, 0.1) is 11.6 Å². The summed E-state index contributed by atoms with van der Waals surface area (Å²) >= 11 is 0. The Bertz CT molecular complexity index is 901. The average Bonchev–Trinajstić information content (AvgIpc) is 2.62. The van der Waals surface area contributed by atoms with Gasteiger partial charge >= 0.3 is 5.97 Å². The van der Waals surface area contributed by atoms with Crippen LogP contribution in [-0.4, -0.2) is 30.2 Å². The SMILES string of the molecule is CCC(C(=O)O)c1cccc2c(-c3ccc(N(C)C)cc3)nccc12. The molecule has 0 radical (unpaired) electrons. The summed E-state index contributed by atoms with van der Waals surface area (Å²) in [7, 11) is 4.02. The molecular formula is C21H22N2O2. The quantitative estimate of drug-likeness (QED) is 0.744. The highest BCUT2D eigenvalue weighted by atomic mass is 16.4. The molecule has 128 valence electrons. The molecule has 0 amide bonds. The predicted octanol–water partition coefficient (Wildman–Crippen LogP) is 4.55. The predicted molar refractivity (Wildman–Crippen MR) is 102 cm³/mol. The maximum Gasteiger partial charge on any atom is 0.310 e. The highest BCUT2D eigenvalue weighted by Crippen LogP contribution is 2.33. The molecule has 3 aromatic rings. The average molecular weight is 334 g/mol. The standard InChI is InChI=1S/C21H22N2O2/c1-4-16(21(24)25)17-6-5-7-19-18(17)12-13-22-20(19)14-8-10-15(11-9-14)23(2)3/h5-13,16H,4H2,1-3H3,(H,24,25). The van der Waals surface area contributed by atoms with Gasteiger partial charge in [0.25, 0.3) is 0 Å². The van der Waals surface area contributed by atoms with Gasteiger partial charge in [0.15, 0.2) is 0 Å². The van der Waals surface area contributed by atoms with Crippen LogP contribution >= 0.6 is 0 Å². The van der Waals surface area contributed by atoms with Gasteiger partial charge in [-0.1, -0.05) is 37.3 Å². The summed E-state index contributed by atoms with van der Waals surface area (Å²) in [5.74, 6) is -1.29. The molecule has 2 aromatic carbocycles. The van der Waals surface area contributed by atoms with E-state index in [1.54, 1.807) is 6.20 Å². The van der Waals surface area contributed by atoms with Crippen molar-refractivity contribution in [2.24, 2.45) is 0 Å². The Hall–Kier alpha value is -2.88. The molecule has 4 heteroatoms. The lowest BCUT2D eigenvalue weighted by molar-refractivity contribution is -0.138. The first-order valence-corrected chi connectivity index (χ1v) is 8.41. The lowest BCUT2D eigenvalue weighted by atomic mass is 9.91. The second kappa shape index (κ2) is 6.93. The molecular weight excluding hydrogens is 312 g/mol. The van der Waals surface area contributed by atoms with Crippen LogP contribution in [0, 0.1) is 0 Å². The topological polar surface area (TPSA) is 53.4 Å². The zero-order valence-electron chi connectivity index (χ0n) is 14.7. The van der Waals surface area contributed by atoms with E-state index in [4.69, 9.17) is 0 Å². The number of carbonyl (C=O) groups is 1. The number of hydrogen-bond acceptors (Lipinski definition) is 3. The summed E-state index contributed by atoms with van der Waals surface area (Å²) in [4.78, 5) is 18.2. The van der Waals surface area contributed by atoms with Crippen molar-refractivity contribution in [3.63, 3.8) is 0 Å². The lowest BCUT2D eigenvalue weighted by Crippen LogP contribution is -2.11. The van der Waals surface area contributed by atoms with Crippen LogP contribution in [0.3, 0.4) is 0 Å². The summed E-state index contributed by atoms with van der Waals surface area (Å²) < 4.78 is 0. The van der Waals surface area contributed by atoms with Gasteiger partial charge in [0.2, 0.25) is 0 Å². The van der Waals surface area contributed by atoms with Gasteiger partial charge in [0.1, 0.15) is 0 Å². The Morgan fingerprint density at radius 3 is 2.40 bits per heavy atom. The fraction of sp³-hybridized carbons (Fsp3) is 0.238. The number of fused-ring (bicyclic) bond motifs is 1. The van der Waals surface area contributed by atoms with Crippen LogP contribution in [-0.2, 0) is 4.79 Å². The molecule has 3 rings (SSSR count). The van der Waals surface area contributed by atoms with E-state index in [2.05, 4.69) is 34.1 Å². The van der Waals surface area contributed by atoms with E-state index in [-0.39, 0.29) is 0 Å². The number of aliphatic carboxylic acids is 1. The van der Waals surface area contributed by atoms with Crippen molar-refractivity contribution >= 4 is 22.4 Å². The van der Waals surface area contributed by atoms with Gasteiger partial charge in [-0.25, -0.2) is 0 Å². The van der Waals surface area contributed by atoms with Crippen molar-refractivity contribution in [1.29, 1.82) is 0 Å². The van der Waals surface area contributed by atoms with Crippen LogP contribution in [0.1, 0.15) is 24.8 Å². The van der Waals surface area contributed by atoms with Gasteiger partial charge in [0, 0.05) is 36.9 Å². The van der Waals surface area contributed by atoms with Crippen LogP contribution in [0.4, 0.5) is 5.69 Å². The Balaban J connectivity index is 2.16. The number of anilines is 1. The molecule has 1 unspecified atom stereocenters. The number of carboxylic acids is 1. The minimum absolute atomic E-state index is 0.505. The van der Waals surface area contributed by atoms with Crippen molar-refractivity contribution in [1.82, 2.24) is 4.98 Å². The molecule has 1 N–H and O–H groups in total. The number of carboxylic acid groups (broad SMARTS) is 1. The monoisotopic (exact) mass is 334 g/mol. The number of nitrogens with zero attached hydrogens (tertiary/aromatic N) is 2. The van der Waals surface area contributed by atoms with E-state index in [0.29, 0.717) is 6.42 Å². The molecule has 1 heterocycles. The lowest BCUT2D eigenvalue weighted by Gasteiger charge is -2.16. The van der Waals surface area contributed by atoms with Gasteiger partial charge in [-0.15, -0.1) is 0 Å². The van der Waals surface area contributed by atoms with E-state index >= 15 is 0 Å². The van der Waals surface area contributed by atoms with Crippen molar-refractivity contribution in [3.05, 3.63) is 60.3 Å². The second-order valence-electron chi connectivity index (χ2n) is 6.34. The molecule has 0 saturated heterocycles. The fourth-order valence-corrected chi connectivity index (χ4v) is 3.21. The van der Waals surface area contributed by atoms with Crippen LogP contribution in [0.2, 0.25) is 0 Å². The Labute approximate surface area is 147 Å². The van der Waals surface area contributed by atoms with E-state index < -0.39 is 11.9 Å². The van der Waals surface area contributed by atoms with Crippen LogP contribution in [0.25, 0.3) is 22.0 Å². The van der Waals surface area contributed by atoms with E-state index in [1.807, 2.05) is 45.3 Å². The summed E-state index contributed by atoms with van der Waals surface area (Å²) in [6.07, 6.45) is 2.32. The van der Waals surface area contributed by atoms with Crippen LogP contribution < -0.4 is 4.90 Å². The first-order chi connectivity index (χ1) is 12.0. The molecule has 1 aromatic heterocycles. The van der Waals surface area contributed by atoms with E-state index in [9.17, 15) is 9.90 Å². The van der Waals surface area contributed by atoms with Crippen LogP contribution in [0.5, 0.6) is 0 Å². The molecule has 0 aliphatic rings. The number of benzene rings is 2. The molecule has 0 aliphatic carbocycles. The molecule has 0 spiro atoms. The third-order valence-electron chi connectivity index (χ3n) is 4.58. The van der Waals surface area contributed by atoms with Gasteiger partial charge < -0.3 is 10.0 Å². The summed E-state index contributed by atoms with van der Waals surface area (Å²) in [5.41, 5.74) is 3.88. The van der Waals surface area contributed by atoms with Gasteiger partial charge in [-0.05, 0) is 35.6 Å². The first kappa shape index (κ1) is 17.0. The second-order valence-corrected chi connectivity index (χ2v) is 6.34. The van der Waals surface area contributed by atoms with E-state index in [1.165, 1.54) is 0 Å². The van der Waals surface area contributed by atoms with Crippen molar-refractivity contribution in [3.8, 4) is 11.3 Å². The Morgan fingerprint density at radius 2 is 1.80 bits per heavy atom. The fourth-order valence-electron chi connectivity index (χ4n) is 3.21. The van der Waals surface area contributed by atoms with Gasteiger partial charge in [-0.3, -0.25) is 9.78 Å². The third kappa shape index (κ3) is 3.20. The van der Waals surface area contributed by atoms with Crippen molar-refractivity contribution < 1.29 is 9.90 Å². The Kier molecular flexibility index (Phi) is 4.70. The van der Waals surface area contributed by atoms with Crippen molar-refractivity contribution in [2.45, 2.75) is 19.3 Å². The molecule has 0 bridgehead atoms. The maximum atomic E-state index is 11.6. The maximum absolute atomic E-state index is 11.6. The minimum atomic E-state index is -0.788. The largest absolute Gasteiger partial charge is 0.481 e. The molecule has 0 aliphatic heterocycles. The molecule has 1 atom stereocenters. The third-order valence-corrected chi connectivity index (χ3v) is 4.58. The summed E-state index contributed by atoms with van der Waals surface area (Å²) in [6.45, 7) is 1.90. The number of aromatic nitrogens is 1. The molecule has 0 fully saturated rings. The number of hydrogen-bond donors (Lipinski definition) is 1.